The van der Waals surface area contributed by atoms with Crippen LogP contribution in [-0.2, 0) is 16.4 Å². The van der Waals surface area contributed by atoms with E-state index in [0.29, 0.717) is 12.1 Å². The minimum absolute atomic E-state index is 0. The number of nitrogens with two attached hydrogens (primary N) is 1. The van der Waals surface area contributed by atoms with E-state index in [1.807, 2.05) is 0 Å². The molecule has 0 atom stereocenters. The zero-order valence-corrected chi connectivity index (χ0v) is 14.6. The Balaban J connectivity index is 0.00000242. The highest BCUT2D eigenvalue weighted by molar-refractivity contribution is 7.93. The second kappa shape index (κ2) is 7.23. The van der Waals surface area contributed by atoms with Crippen molar-refractivity contribution in [3.05, 3.63) is 46.8 Å². The Morgan fingerprint density at radius 1 is 1.14 bits per heavy atom. The molecule has 0 saturated heterocycles. The van der Waals surface area contributed by atoms with Crippen molar-refractivity contribution in [1.82, 2.24) is 4.90 Å². The Hall–Kier alpha value is -1.41. The second-order valence-electron chi connectivity index (χ2n) is 4.65. The lowest BCUT2D eigenvalue weighted by Gasteiger charge is -2.10. The van der Waals surface area contributed by atoms with Gasteiger partial charge in [0.25, 0.3) is 5.91 Å². The van der Waals surface area contributed by atoms with Crippen molar-refractivity contribution in [3.63, 3.8) is 0 Å². The highest BCUT2D eigenvalue weighted by atomic mass is 35.5. The zero-order valence-electron chi connectivity index (χ0n) is 12.1. The van der Waals surface area contributed by atoms with Crippen molar-refractivity contribution < 1.29 is 13.2 Å². The first-order valence-corrected chi connectivity index (χ1v) is 8.52. The third-order valence-electron chi connectivity index (χ3n) is 2.92. The summed E-state index contributed by atoms with van der Waals surface area (Å²) < 4.78 is 25.2. The van der Waals surface area contributed by atoms with Crippen LogP contribution < -0.4 is 5.73 Å². The molecule has 2 aromatic rings. The maximum atomic E-state index is 12.5. The van der Waals surface area contributed by atoms with Gasteiger partial charge >= 0.3 is 0 Å². The van der Waals surface area contributed by atoms with Crippen LogP contribution in [0.15, 0.2) is 45.5 Å². The van der Waals surface area contributed by atoms with Gasteiger partial charge in [-0.3, -0.25) is 4.79 Å². The van der Waals surface area contributed by atoms with Gasteiger partial charge in [-0.05, 0) is 36.4 Å². The van der Waals surface area contributed by atoms with Gasteiger partial charge in [0.2, 0.25) is 9.84 Å². The van der Waals surface area contributed by atoms with E-state index in [0.717, 1.165) is 16.2 Å². The predicted molar refractivity (Wildman–Crippen MR) is 89.4 cm³/mol. The number of sulfone groups is 1. The average Bonchev–Trinajstić information content (AvgIpc) is 2.96. The van der Waals surface area contributed by atoms with Crippen LogP contribution in [0.25, 0.3) is 0 Å². The van der Waals surface area contributed by atoms with Crippen LogP contribution >= 0.6 is 23.7 Å². The maximum Gasteiger partial charge on any atom is 0.253 e. The number of hydrogen-bond acceptors (Lipinski definition) is 5. The van der Waals surface area contributed by atoms with Crippen LogP contribution in [-0.4, -0.2) is 33.3 Å². The minimum Gasteiger partial charge on any atom is -0.345 e. The van der Waals surface area contributed by atoms with Crippen molar-refractivity contribution in [3.8, 4) is 0 Å². The van der Waals surface area contributed by atoms with Crippen LogP contribution in [0.3, 0.4) is 0 Å². The summed E-state index contributed by atoms with van der Waals surface area (Å²) in [5, 5.41) is 0. The molecule has 0 aliphatic heterocycles. The average molecular weight is 361 g/mol. The van der Waals surface area contributed by atoms with Crippen LogP contribution in [0.2, 0.25) is 0 Å². The van der Waals surface area contributed by atoms with E-state index >= 15 is 0 Å². The second-order valence-corrected chi connectivity index (χ2v) is 8.00. The smallest absolute Gasteiger partial charge is 0.253 e. The van der Waals surface area contributed by atoms with E-state index in [4.69, 9.17) is 5.73 Å². The van der Waals surface area contributed by atoms with Crippen molar-refractivity contribution >= 4 is 39.5 Å². The fourth-order valence-corrected chi connectivity index (χ4v) is 4.40. The van der Waals surface area contributed by atoms with Crippen LogP contribution in [0.5, 0.6) is 0 Å². The normalized spacial score (nSPS) is 10.9. The SMILES string of the molecule is CN(C)C(=O)c1ccc(S(=O)(=O)c2ccc(CN)s2)cc1.Cl. The lowest BCUT2D eigenvalue weighted by molar-refractivity contribution is 0.0827. The van der Waals surface area contributed by atoms with Gasteiger partial charge in [-0.25, -0.2) is 8.42 Å². The highest BCUT2D eigenvalue weighted by Gasteiger charge is 2.20. The molecule has 0 aliphatic carbocycles. The molecule has 0 radical (unpaired) electrons. The van der Waals surface area contributed by atoms with Crippen molar-refractivity contribution in [2.24, 2.45) is 5.73 Å². The summed E-state index contributed by atoms with van der Waals surface area (Å²) in [6.45, 7) is 0.316. The Bertz CT molecular complexity index is 753. The monoisotopic (exact) mass is 360 g/mol. The number of amides is 1. The third-order valence-corrected chi connectivity index (χ3v) is 6.29. The highest BCUT2D eigenvalue weighted by Crippen LogP contribution is 2.27. The summed E-state index contributed by atoms with van der Waals surface area (Å²) in [7, 11) is -0.261. The first kappa shape index (κ1) is 18.6. The number of benzene rings is 1. The van der Waals surface area contributed by atoms with E-state index in [1.54, 1.807) is 26.2 Å². The van der Waals surface area contributed by atoms with Gasteiger partial charge in [0.1, 0.15) is 4.21 Å². The molecule has 2 N–H and O–H groups in total. The molecular weight excluding hydrogens is 344 g/mol. The molecule has 0 bridgehead atoms. The van der Waals surface area contributed by atoms with Gasteiger partial charge < -0.3 is 10.6 Å². The largest absolute Gasteiger partial charge is 0.345 e. The van der Waals surface area contributed by atoms with E-state index in [2.05, 4.69) is 0 Å². The Morgan fingerprint density at radius 2 is 1.73 bits per heavy atom. The number of halogens is 1. The molecule has 120 valence electrons. The van der Waals surface area contributed by atoms with Gasteiger partial charge in [-0.1, -0.05) is 0 Å². The molecule has 0 aliphatic rings. The molecular formula is C14H17ClN2O3S2. The van der Waals surface area contributed by atoms with Crippen LogP contribution in [0.1, 0.15) is 15.2 Å². The number of thiophene rings is 1. The van der Waals surface area contributed by atoms with E-state index in [1.165, 1.54) is 29.2 Å². The summed E-state index contributed by atoms with van der Waals surface area (Å²) in [6.07, 6.45) is 0. The summed E-state index contributed by atoms with van der Waals surface area (Å²) in [6, 6.07) is 9.21. The summed E-state index contributed by atoms with van der Waals surface area (Å²) in [5.74, 6) is -0.166. The molecule has 2 rings (SSSR count). The topological polar surface area (TPSA) is 80.5 Å². The number of nitrogens with zero attached hydrogens (tertiary/aromatic N) is 1. The van der Waals surface area contributed by atoms with Gasteiger partial charge in [0.05, 0.1) is 4.90 Å². The summed E-state index contributed by atoms with van der Waals surface area (Å²) in [5.41, 5.74) is 5.95. The van der Waals surface area contributed by atoms with Crippen molar-refractivity contribution in [2.45, 2.75) is 15.6 Å². The molecule has 1 aromatic heterocycles. The minimum atomic E-state index is -3.55. The van der Waals surface area contributed by atoms with Crippen molar-refractivity contribution in [1.29, 1.82) is 0 Å². The lowest BCUT2D eigenvalue weighted by atomic mass is 10.2. The molecule has 0 saturated carbocycles. The van der Waals surface area contributed by atoms with Gasteiger partial charge in [-0.15, -0.1) is 23.7 Å². The van der Waals surface area contributed by atoms with E-state index in [-0.39, 0.29) is 27.4 Å². The fraction of sp³-hybridized carbons (Fsp3) is 0.214. The Labute approximate surface area is 140 Å². The Morgan fingerprint density at radius 3 is 2.18 bits per heavy atom. The van der Waals surface area contributed by atoms with Gasteiger partial charge in [0, 0.05) is 31.1 Å². The number of rotatable bonds is 4. The van der Waals surface area contributed by atoms with E-state index < -0.39 is 9.84 Å². The molecule has 1 heterocycles. The van der Waals surface area contributed by atoms with Crippen LogP contribution in [0, 0.1) is 0 Å². The fourth-order valence-electron chi connectivity index (χ4n) is 1.76. The first-order chi connectivity index (χ1) is 9.86. The molecule has 5 nitrogen and oxygen atoms in total. The first-order valence-electron chi connectivity index (χ1n) is 6.22. The number of carbonyl (C=O) groups is 1. The molecule has 0 spiro atoms. The molecule has 8 heteroatoms. The van der Waals surface area contributed by atoms with Crippen LogP contribution in [0.4, 0.5) is 0 Å². The van der Waals surface area contributed by atoms with Gasteiger partial charge in [0.15, 0.2) is 0 Å². The van der Waals surface area contributed by atoms with Gasteiger partial charge in [-0.2, -0.15) is 0 Å². The number of hydrogen-bond donors (Lipinski definition) is 1. The third kappa shape index (κ3) is 3.67. The molecule has 0 fully saturated rings. The predicted octanol–water partition coefficient (Wildman–Crippen LogP) is 2.16. The summed E-state index contributed by atoms with van der Waals surface area (Å²) in [4.78, 5) is 14.2. The van der Waals surface area contributed by atoms with E-state index in [9.17, 15) is 13.2 Å². The molecule has 22 heavy (non-hydrogen) atoms. The number of carbonyl (C=O) groups excluding carboxylic acids is 1. The van der Waals surface area contributed by atoms with Crippen molar-refractivity contribution in [2.75, 3.05) is 14.1 Å². The maximum absolute atomic E-state index is 12.5. The standard InChI is InChI=1S/C14H16N2O3S2.ClH/c1-16(2)14(17)10-3-6-12(7-4-10)21(18,19)13-8-5-11(9-15)20-13;/h3-8H,9,15H2,1-2H3;1H. The zero-order chi connectivity index (χ0) is 15.6. The Kier molecular flexibility index (Phi) is 6.13. The molecule has 0 unspecified atom stereocenters. The molecule has 1 aromatic carbocycles. The summed E-state index contributed by atoms with van der Waals surface area (Å²) >= 11 is 1.16. The lowest BCUT2D eigenvalue weighted by Crippen LogP contribution is -2.21. The quantitative estimate of drug-likeness (QED) is 0.906. The molecule has 1 amide bonds.